The van der Waals surface area contributed by atoms with Gasteiger partial charge < -0.3 is 24.6 Å². The molecule has 1 heterocycles. The molecule has 1 aromatic carbocycles. The van der Waals surface area contributed by atoms with Crippen LogP contribution < -0.4 is 10.1 Å². The van der Waals surface area contributed by atoms with Gasteiger partial charge in [0.15, 0.2) is 0 Å². The number of hydrogen-bond donors (Lipinski definition) is 1. The third kappa shape index (κ3) is 5.59. The zero-order valence-electron chi connectivity index (χ0n) is 19.7. The van der Waals surface area contributed by atoms with Gasteiger partial charge in [-0.3, -0.25) is 14.4 Å². The van der Waals surface area contributed by atoms with E-state index in [1.807, 2.05) is 25.7 Å². The number of anilines is 1. The molecule has 8 heteroatoms. The van der Waals surface area contributed by atoms with Crippen LogP contribution in [0.3, 0.4) is 0 Å². The summed E-state index contributed by atoms with van der Waals surface area (Å²) in [5, 5.41) is 2.90. The Morgan fingerprint density at radius 2 is 1.94 bits per heavy atom. The van der Waals surface area contributed by atoms with Crippen LogP contribution in [0.25, 0.3) is 0 Å². The van der Waals surface area contributed by atoms with Gasteiger partial charge in [-0.15, -0.1) is 0 Å². The van der Waals surface area contributed by atoms with E-state index in [1.165, 1.54) is 0 Å². The van der Waals surface area contributed by atoms with Gasteiger partial charge in [-0.05, 0) is 38.0 Å². The molecule has 8 nitrogen and oxygen atoms in total. The fraction of sp³-hybridized carbons (Fsp3) is 0.625. The lowest BCUT2D eigenvalue weighted by Crippen LogP contribution is -2.48. The molecule has 0 aromatic heterocycles. The topological polar surface area (TPSA) is 88.2 Å². The van der Waals surface area contributed by atoms with Gasteiger partial charge in [-0.2, -0.15) is 0 Å². The minimum Gasteiger partial charge on any atom is -0.491 e. The highest BCUT2D eigenvalue weighted by Crippen LogP contribution is 2.31. The van der Waals surface area contributed by atoms with Crippen molar-refractivity contribution in [3.8, 4) is 5.75 Å². The minimum atomic E-state index is -0.232. The lowest BCUT2D eigenvalue weighted by molar-refractivity contribution is -0.135. The number of likely N-dealkylation sites (N-methyl/N-ethyl adjacent to an activating group) is 1. The first-order valence-electron chi connectivity index (χ1n) is 11.4. The zero-order chi connectivity index (χ0) is 23.4. The summed E-state index contributed by atoms with van der Waals surface area (Å²) in [5.41, 5.74) is 0.954. The van der Waals surface area contributed by atoms with Gasteiger partial charge in [-0.1, -0.05) is 13.8 Å². The Kier molecular flexibility index (Phi) is 7.77. The van der Waals surface area contributed by atoms with Crippen molar-refractivity contribution >= 4 is 23.4 Å². The van der Waals surface area contributed by atoms with Crippen molar-refractivity contribution in [1.82, 2.24) is 9.80 Å². The molecule has 1 aliphatic carbocycles. The highest BCUT2D eigenvalue weighted by Gasteiger charge is 2.31. The molecule has 1 saturated carbocycles. The van der Waals surface area contributed by atoms with E-state index in [9.17, 15) is 14.4 Å². The highest BCUT2D eigenvalue weighted by molar-refractivity contribution is 6.00. The van der Waals surface area contributed by atoms with Crippen molar-refractivity contribution in [3.63, 3.8) is 0 Å². The second-order valence-electron chi connectivity index (χ2n) is 8.97. The number of methoxy groups -OCH3 is 1. The van der Waals surface area contributed by atoms with E-state index >= 15 is 0 Å². The van der Waals surface area contributed by atoms with Crippen molar-refractivity contribution in [3.05, 3.63) is 23.8 Å². The van der Waals surface area contributed by atoms with Crippen LogP contribution in [-0.2, 0) is 14.3 Å². The van der Waals surface area contributed by atoms with E-state index in [0.29, 0.717) is 36.5 Å². The zero-order valence-corrected chi connectivity index (χ0v) is 19.7. The Labute approximate surface area is 190 Å². The molecular weight excluding hydrogens is 410 g/mol. The molecule has 0 saturated heterocycles. The monoisotopic (exact) mass is 445 g/mol. The number of benzene rings is 1. The first kappa shape index (κ1) is 24.0. The Bertz CT molecular complexity index is 854. The molecule has 0 radical (unpaired) electrons. The van der Waals surface area contributed by atoms with Gasteiger partial charge in [0.2, 0.25) is 11.8 Å². The average Bonchev–Trinajstić information content (AvgIpc) is 3.63. The number of carbonyl (C=O) groups excluding carboxylic acids is 3. The fourth-order valence-electron chi connectivity index (χ4n) is 3.99. The highest BCUT2D eigenvalue weighted by atomic mass is 16.5. The molecule has 1 aromatic rings. The summed E-state index contributed by atoms with van der Waals surface area (Å²) in [7, 11) is 3.35. The van der Waals surface area contributed by atoms with Gasteiger partial charge >= 0.3 is 0 Å². The number of nitrogens with one attached hydrogen (secondary N) is 1. The second-order valence-corrected chi connectivity index (χ2v) is 8.97. The standard InChI is InChI=1S/C24H35N3O5/c1-6-22(28)27-12-15(2)21(31-5)13-26(4)24(30)19-11-18(25-23(29)17-7-8-17)9-10-20(19)32-14-16(27)3/h9-11,15-17,21H,6-8,12-14H2,1-5H3,(H,25,29)/t15-,16-,21-/m0/s1. The summed E-state index contributed by atoms with van der Waals surface area (Å²) in [6.07, 6.45) is 1.99. The van der Waals surface area contributed by atoms with Crippen LogP contribution in [0.5, 0.6) is 5.75 Å². The number of amides is 3. The SMILES string of the molecule is CCC(=O)N1C[C@H](C)[C@@H](OC)CN(C)C(=O)c2cc(NC(=O)C3CC3)ccc2OC[C@@H]1C. The fourth-order valence-corrected chi connectivity index (χ4v) is 3.99. The molecule has 176 valence electrons. The average molecular weight is 446 g/mol. The van der Waals surface area contributed by atoms with E-state index in [-0.39, 0.29) is 48.3 Å². The van der Waals surface area contributed by atoms with E-state index < -0.39 is 0 Å². The summed E-state index contributed by atoms with van der Waals surface area (Å²) in [6.45, 7) is 6.98. The van der Waals surface area contributed by atoms with E-state index in [0.717, 1.165) is 12.8 Å². The molecule has 1 aliphatic heterocycles. The summed E-state index contributed by atoms with van der Waals surface area (Å²) >= 11 is 0. The van der Waals surface area contributed by atoms with E-state index in [4.69, 9.17) is 9.47 Å². The number of ether oxygens (including phenoxy) is 2. The second kappa shape index (κ2) is 10.3. The van der Waals surface area contributed by atoms with Gasteiger partial charge in [-0.25, -0.2) is 0 Å². The molecule has 32 heavy (non-hydrogen) atoms. The Hall–Kier alpha value is -2.61. The molecule has 2 aliphatic rings. The van der Waals surface area contributed by atoms with Crippen molar-refractivity contribution in [1.29, 1.82) is 0 Å². The normalized spacial score (nSPS) is 24.7. The molecule has 0 unspecified atom stereocenters. The van der Waals surface area contributed by atoms with Gasteiger partial charge in [0.1, 0.15) is 12.4 Å². The van der Waals surface area contributed by atoms with Crippen molar-refractivity contribution in [2.75, 3.05) is 39.2 Å². The molecule has 1 N–H and O–H groups in total. The molecule has 0 bridgehead atoms. The number of rotatable bonds is 4. The van der Waals surface area contributed by atoms with Gasteiger partial charge in [0, 0.05) is 51.2 Å². The number of hydrogen-bond acceptors (Lipinski definition) is 5. The molecule has 1 fully saturated rings. The van der Waals surface area contributed by atoms with Crippen molar-refractivity contribution in [2.24, 2.45) is 11.8 Å². The van der Waals surface area contributed by atoms with Crippen LogP contribution in [0.2, 0.25) is 0 Å². The lowest BCUT2D eigenvalue weighted by atomic mass is 10.0. The maximum atomic E-state index is 13.3. The van der Waals surface area contributed by atoms with Crippen LogP contribution in [0.15, 0.2) is 18.2 Å². The minimum absolute atomic E-state index is 0.0181. The summed E-state index contributed by atoms with van der Waals surface area (Å²) < 4.78 is 11.7. The predicted octanol–water partition coefficient (Wildman–Crippen LogP) is 2.78. The maximum absolute atomic E-state index is 13.3. The summed E-state index contributed by atoms with van der Waals surface area (Å²) in [6, 6.07) is 4.96. The largest absolute Gasteiger partial charge is 0.491 e. The van der Waals surface area contributed by atoms with Crippen LogP contribution >= 0.6 is 0 Å². The molecule has 3 atom stereocenters. The third-order valence-electron chi connectivity index (χ3n) is 6.28. The quantitative estimate of drug-likeness (QED) is 0.770. The Morgan fingerprint density at radius 1 is 1.22 bits per heavy atom. The van der Waals surface area contributed by atoms with E-state index in [2.05, 4.69) is 5.32 Å². The van der Waals surface area contributed by atoms with Crippen LogP contribution in [0.4, 0.5) is 5.69 Å². The summed E-state index contributed by atoms with van der Waals surface area (Å²) in [5.74, 6) is 0.364. The summed E-state index contributed by atoms with van der Waals surface area (Å²) in [4.78, 5) is 41.6. The van der Waals surface area contributed by atoms with Gasteiger partial charge in [0.05, 0.1) is 17.7 Å². The van der Waals surface area contributed by atoms with Crippen LogP contribution in [0, 0.1) is 11.8 Å². The first-order chi connectivity index (χ1) is 15.2. The Morgan fingerprint density at radius 3 is 2.56 bits per heavy atom. The number of fused-ring (bicyclic) bond motifs is 1. The maximum Gasteiger partial charge on any atom is 0.257 e. The first-order valence-corrected chi connectivity index (χ1v) is 11.4. The Balaban J connectivity index is 1.93. The predicted molar refractivity (Wildman–Crippen MR) is 122 cm³/mol. The lowest BCUT2D eigenvalue weighted by Gasteiger charge is -2.36. The van der Waals surface area contributed by atoms with E-state index in [1.54, 1.807) is 37.3 Å². The molecule has 3 amide bonds. The number of carbonyl (C=O) groups is 3. The van der Waals surface area contributed by atoms with Crippen LogP contribution in [-0.4, -0.2) is 73.5 Å². The van der Waals surface area contributed by atoms with Gasteiger partial charge in [0.25, 0.3) is 5.91 Å². The molecule has 0 spiro atoms. The third-order valence-corrected chi connectivity index (χ3v) is 6.28. The van der Waals surface area contributed by atoms with Crippen molar-refractivity contribution < 1.29 is 23.9 Å². The number of nitrogens with zero attached hydrogens (tertiary/aromatic N) is 2. The molecule has 3 rings (SSSR count). The molecular formula is C24H35N3O5. The van der Waals surface area contributed by atoms with Crippen LogP contribution in [0.1, 0.15) is 50.4 Å². The smallest absolute Gasteiger partial charge is 0.257 e. The van der Waals surface area contributed by atoms with Crippen molar-refractivity contribution in [2.45, 2.75) is 52.2 Å².